The lowest BCUT2D eigenvalue weighted by molar-refractivity contribution is -0.142. The quantitative estimate of drug-likeness (QED) is 0.797. The Hall–Kier alpha value is -1.50. The molecule has 0 atom stereocenters. The lowest BCUT2D eigenvalue weighted by Crippen LogP contribution is -2.17. The van der Waals surface area contributed by atoms with E-state index in [4.69, 9.17) is 0 Å². The number of nitrogens with zero attached hydrogens (tertiary/aromatic N) is 3. The van der Waals surface area contributed by atoms with Crippen molar-refractivity contribution in [2.45, 2.75) is 44.4 Å². The summed E-state index contributed by atoms with van der Waals surface area (Å²) in [6, 6.07) is 4.15. The molecule has 0 amide bonds. The fraction of sp³-hybridized carbons (Fsp3) is 0.429. The number of hydrogen-bond acceptors (Lipinski definition) is 3. The third kappa shape index (κ3) is 4.23. The number of alkyl halides is 3. The van der Waals surface area contributed by atoms with Gasteiger partial charge in [-0.25, -0.2) is 0 Å². The van der Waals surface area contributed by atoms with Crippen LogP contribution >= 0.6 is 11.8 Å². The number of benzene rings is 1. The van der Waals surface area contributed by atoms with Crippen molar-refractivity contribution in [2.24, 2.45) is 0 Å². The van der Waals surface area contributed by atoms with Gasteiger partial charge in [0, 0.05) is 5.75 Å². The van der Waals surface area contributed by atoms with Crippen LogP contribution in [0.2, 0.25) is 0 Å². The molecular weight excluding hydrogens is 299 g/mol. The van der Waals surface area contributed by atoms with Crippen molar-refractivity contribution in [3.8, 4) is 0 Å². The fourth-order valence-electron chi connectivity index (χ4n) is 2.23. The Morgan fingerprint density at radius 1 is 1.14 bits per heavy atom. The predicted molar refractivity (Wildman–Crippen MR) is 76.3 cm³/mol. The Balaban J connectivity index is 2.13. The second kappa shape index (κ2) is 6.09. The number of halogens is 3. The van der Waals surface area contributed by atoms with Gasteiger partial charge >= 0.3 is 6.18 Å². The molecule has 0 aliphatic carbocycles. The molecule has 0 unspecified atom stereocenters. The minimum atomic E-state index is -4.27. The highest BCUT2D eigenvalue weighted by Crippen LogP contribution is 2.27. The van der Waals surface area contributed by atoms with Crippen LogP contribution in [0.3, 0.4) is 0 Å². The average Bonchev–Trinajstić information content (AvgIpc) is 2.72. The summed E-state index contributed by atoms with van der Waals surface area (Å²) in [7, 11) is 0. The van der Waals surface area contributed by atoms with Crippen molar-refractivity contribution in [3.05, 3.63) is 40.7 Å². The first-order valence-electron chi connectivity index (χ1n) is 6.40. The third-order valence-electron chi connectivity index (χ3n) is 3.12. The molecule has 114 valence electrons. The number of aryl methyl sites for hydroxylation is 3. The molecule has 0 radical (unpaired) electrons. The Morgan fingerprint density at radius 3 is 2.33 bits per heavy atom. The normalized spacial score (nSPS) is 11.9. The van der Waals surface area contributed by atoms with Crippen LogP contribution in [0.25, 0.3) is 0 Å². The van der Waals surface area contributed by atoms with Gasteiger partial charge in [0.05, 0.1) is 0 Å². The molecule has 0 bridgehead atoms. The van der Waals surface area contributed by atoms with Crippen molar-refractivity contribution in [3.63, 3.8) is 0 Å². The van der Waals surface area contributed by atoms with Crippen LogP contribution in [0.4, 0.5) is 13.2 Å². The summed E-state index contributed by atoms with van der Waals surface area (Å²) in [5, 5.41) is 7.62. The van der Waals surface area contributed by atoms with E-state index >= 15 is 0 Å². The van der Waals surface area contributed by atoms with E-state index in [9.17, 15) is 13.2 Å². The van der Waals surface area contributed by atoms with Gasteiger partial charge in [-0.05, 0) is 37.5 Å². The monoisotopic (exact) mass is 315 g/mol. The van der Waals surface area contributed by atoms with Crippen molar-refractivity contribution >= 4 is 11.8 Å². The predicted octanol–water partition coefficient (Wildman–Crippen LogP) is 4.06. The van der Waals surface area contributed by atoms with E-state index in [1.54, 1.807) is 0 Å². The minimum Gasteiger partial charge on any atom is -0.299 e. The SMILES string of the molecule is Cc1cc(C)c(CSc2nncn2CC(F)(F)F)c(C)c1. The summed E-state index contributed by atoms with van der Waals surface area (Å²) < 4.78 is 38.4. The molecule has 0 spiro atoms. The first-order valence-corrected chi connectivity index (χ1v) is 7.39. The summed E-state index contributed by atoms with van der Waals surface area (Å²) in [5.74, 6) is 0.578. The summed E-state index contributed by atoms with van der Waals surface area (Å²) in [6.45, 7) is 4.98. The molecule has 1 aromatic carbocycles. The summed E-state index contributed by atoms with van der Waals surface area (Å²) >= 11 is 1.27. The molecule has 21 heavy (non-hydrogen) atoms. The number of aromatic nitrogens is 3. The highest BCUT2D eigenvalue weighted by Gasteiger charge is 2.29. The van der Waals surface area contributed by atoms with Gasteiger partial charge in [0.25, 0.3) is 0 Å². The Kier molecular flexibility index (Phi) is 4.61. The largest absolute Gasteiger partial charge is 0.406 e. The van der Waals surface area contributed by atoms with Crippen LogP contribution < -0.4 is 0 Å². The highest BCUT2D eigenvalue weighted by atomic mass is 32.2. The number of rotatable bonds is 4. The molecular formula is C14H16F3N3S. The maximum absolute atomic E-state index is 12.4. The first-order chi connectivity index (χ1) is 9.76. The molecule has 0 aliphatic rings. The second-order valence-corrected chi connectivity index (χ2v) is 5.97. The molecule has 0 N–H and O–H groups in total. The number of thioether (sulfide) groups is 1. The lowest BCUT2D eigenvalue weighted by atomic mass is 10.0. The lowest BCUT2D eigenvalue weighted by Gasteiger charge is -2.12. The van der Waals surface area contributed by atoms with E-state index in [1.165, 1.54) is 17.3 Å². The average molecular weight is 315 g/mol. The van der Waals surface area contributed by atoms with Crippen molar-refractivity contribution < 1.29 is 13.2 Å². The van der Waals surface area contributed by atoms with Crippen molar-refractivity contribution in [2.75, 3.05) is 0 Å². The Labute approximate surface area is 125 Å². The molecule has 7 heteroatoms. The van der Waals surface area contributed by atoms with Crippen LogP contribution in [-0.2, 0) is 12.3 Å². The molecule has 0 fully saturated rings. The second-order valence-electron chi connectivity index (χ2n) is 5.02. The summed E-state index contributed by atoms with van der Waals surface area (Å²) in [5.41, 5.74) is 4.59. The van der Waals surface area contributed by atoms with E-state index in [-0.39, 0.29) is 5.16 Å². The maximum Gasteiger partial charge on any atom is 0.406 e. The van der Waals surface area contributed by atoms with Crippen molar-refractivity contribution in [1.82, 2.24) is 14.8 Å². The van der Waals surface area contributed by atoms with Crippen molar-refractivity contribution in [1.29, 1.82) is 0 Å². The molecule has 2 aromatic rings. The summed E-state index contributed by atoms with van der Waals surface area (Å²) in [6.07, 6.45) is -3.15. The van der Waals surface area contributed by atoms with Crippen LogP contribution in [0.15, 0.2) is 23.6 Å². The molecule has 1 heterocycles. The van der Waals surface area contributed by atoms with Crippen LogP contribution in [0.5, 0.6) is 0 Å². The minimum absolute atomic E-state index is 0.284. The highest BCUT2D eigenvalue weighted by molar-refractivity contribution is 7.98. The van der Waals surface area contributed by atoms with Crippen LogP contribution in [0.1, 0.15) is 22.3 Å². The smallest absolute Gasteiger partial charge is 0.299 e. The van der Waals surface area contributed by atoms with Gasteiger partial charge in [-0.2, -0.15) is 13.2 Å². The van der Waals surface area contributed by atoms with Gasteiger partial charge in [0.1, 0.15) is 12.9 Å². The van der Waals surface area contributed by atoms with E-state index in [0.717, 1.165) is 27.6 Å². The van der Waals surface area contributed by atoms with Crippen LogP contribution in [-0.4, -0.2) is 20.9 Å². The molecule has 3 nitrogen and oxygen atoms in total. The molecule has 0 saturated heterocycles. The number of hydrogen-bond donors (Lipinski definition) is 0. The Morgan fingerprint density at radius 2 is 1.76 bits per heavy atom. The fourth-order valence-corrected chi connectivity index (χ4v) is 3.34. The van der Waals surface area contributed by atoms with Gasteiger partial charge in [-0.1, -0.05) is 29.5 Å². The van der Waals surface area contributed by atoms with Gasteiger partial charge in [0.15, 0.2) is 5.16 Å². The van der Waals surface area contributed by atoms with Gasteiger partial charge in [0.2, 0.25) is 0 Å². The zero-order valence-corrected chi connectivity index (χ0v) is 12.8. The topological polar surface area (TPSA) is 30.7 Å². The van der Waals surface area contributed by atoms with E-state index in [2.05, 4.69) is 22.3 Å². The van der Waals surface area contributed by atoms with E-state index in [0.29, 0.717) is 5.75 Å². The zero-order valence-electron chi connectivity index (χ0n) is 12.0. The Bertz CT molecular complexity index is 612. The molecule has 1 aromatic heterocycles. The maximum atomic E-state index is 12.4. The van der Waals surface area contributed by atoms with Gasteiger partial charge < -0.3 is 0 Å². The zero-order chi connectivity index (χ0) is 15.6. The molecule has 0 aliphatic heterocycles. The summed E-state index contributed by atoms with van der Waals surface area (Å²) in [4.78, 5) is 0. The standard InChI is InChI=1S/C14H16F3N3S/c1-9-4-10(2)12(11(3)5-9)6-21-13-19-18-8-20(13)7-14(15,16)17/h4-5,8H,6-7H2,1-3H3. The molecule has 0 saturated carbocycles. The van der Waals surface area contributed by atoms with E-state index in [1.807, 2.05) is 20.8 Å². The van der Waals surface area contributed by atoms with Gasteiger partial charge in [-0.3, -0.25) is 4.57 Å². The van der Waals surface area contributed by atoms with Gasteiger partial charge in [-0.15, -0.1) is 10.2 Å². The van der Waals surface area contributed by atoms with Crippen LogP contribution in [0, 0.1) is 20.8 Å². The molecule has 2 rings (SSSR count). The van der Waals surface area contributed by atoms with E-state index < -0.39 is 12.7 Å². The first kappa shape index (κ1) is 15.9. The third-order valence-corrected chi connectivity index (χ3v) is 4.12.